The Morgan fingerprint density at radius 2 is 1.67 bits per heavy atom. The van der Waals surface area contributed by atoms with E-state index in [1.54, 1.807) is 33.1 Å². The van der Waals surface area contributed by atoms with E-state index in [4.69, 9.17) is 18.3 Å². The van der Waals surface area contributed by atoms with Crippen LogP contribution < -0.4 is 14.4 Å². The van der Waals surface area contributed by atoms with E-state index >= 15 is 0 Å². The third-order valence-corrected chi connectivity index (χ3v) is 6.36. The summed E-state index contributed by atoms with van der Waals surface area (Å²) >= 11 is 0. The lowest BCUT2D eigenvalue weighted by atomic mass is 10.3. The van der Waals surface area contributed by atoms with Gasteiger partial charge in [-0.2, -0.15) is 0 Å². The molecule has 0 fully saturated rings. The third-order valence-electron chi connectivity index (χ3n) is 2.78. The number of rotatable bonds is 8. The molecule has 0 aliphatic heterocycles. The number of hydrogen-bond donors (Lipinski definition) is 0. The average Bonchev–Trinajstić information content (AvgIpc) is 2.38. The molecule has 7 heteroatoms. The topological polar surface area (TPSA) is 54.0 Å². The van der Waals surface area contributed by atoms with Gasteiger partial charge in [0.05, 0.1) is 28.4 Å². The van der Waals surface area contributed by atoms with Gasteiger partial charge in [-0.05, 0) is 37.2 Å². The Hall–Kier alpha value is -0.813. The lowest BCUT2D eigenvalue weighted by Crippen LogP contribution is -2.38. The molecule has 21 heavy (non-hydrogen) atoms. The van der Waals surface area contributed by atoms with Crippen LogP contribution in [0.5, 0.6) is 11.5 Å². The zero-order valence-electron chi connectivity index (χ0n) is 13.6. The molecule has 0 bridgehead atoms. The van der Waals surface area contributed by atoms with Crippen molar-refractivity contribution in [2.45, 2.75) is 33.5 Å². The van der Waals surface area contributed by atoms with Gasteiger partial charge in [-0.15, -0.1) is 0 Å². The number of methoxy groups -OCH3 is 1. The van der Waals surface area contributed by atoms with Gasteiger partial charge in [0.25, 0.3) is 0 Å². The molecule has 0 radical (unpaired) electrons. The molecule has 0 spiro atoms. The Morgan fingerprint density at radius 1 is 1.10 bits per heavy atom. The van der Waals surface area contributed by atoms with Crippen molar-refractivity contribution in [3.8, 4) is 11.5 Å². The molecule has 0 amide bonds. The Labute approximate surface area is 128 Å². The quantitative estimate of drug-likeness (QED) is 0.535. The van der Waals surface area contributed by atoms with Crippen LogP contribution >= 0.6 is 7.82 Å². The summed E-state index contributed by atoms with van der Waals surface area (Å²) in [5, 5.41) is 1.02. The van der Waals surface area contributed by atoms with Crippen LogP contribution in [0.3, 0.4) is 0 Å². The van der Waals surface area contributed by atoms with E-state index in [0.717, 1.165) is 10.9 Å². The van der Waals surface area contributed by atoms with Gasteiger partial charge in [0.1, 0.15) is 11.5 Å². The molecule has 1 aromatic rings. The predicted octanol–water partition coefficient (Wildman–Crippen LogP) is 3.80. The number of hydrogen-bond acceptors (Lipinski definition) is 5. The summed E-state index contributed by atoms with van der Waals surface area (Å²) in [6, 6.07) is 5.47. The first-order valence-corrected chi connectivity index (χ1v) is 12.0. The van der Waals surface area contributed by atoms with Crippen molar-refractivity contribution in [2.24, 2.45) is 0 Å². The van der Waals surface area contributed by atoms with Crippen LogP contribution in [0, 0.1) is 0 Å². The zero-order valence-corrected chi connectivity index (χ0v) is 15.5. The monoisotopic (exact) mass is 332 g/mol. The predicted molar refractivity (Wildman–Crippen MR) is 87.5 cm³/mol. The first-order chi connectivity index (χ1) is 9.75. The van der Waals surface area contributed by atoms with Crippen molar-refractivity contribution < 1.29 is 22.9 Å². The highest BCUT2D eigenvalue weighted by molar-refractivity contribution is 7.49. The molecule has 0 heterocycles. The van der Waals surface area contributed by atoms with Gasteiger partial charge >= 0.3 is 7.82 Å². The molecule has 0 atom stereocenters. The maximum atomic E-state index is 12.5. The van der Waals surface area contributed by atoms with E-state index in [9.17, 15) is 4.57 Å². The Balaban J connectivity index is 3.20. The first kappa shape index (κ1) is 18.2. The molecule has 1 aromatic carbocycles. The van der Waals surface area contributed by atoms with Crippen molar-refractivity contribution in [2.75, 3.05) is 20.3 Å². The second-order valence-electron chi connectivity index (χ2n) is 5.49. The standard InChI is InChI=1S/C14H25O5PSi/c1-7-17-20(15,18-8-2)19-13-10-9-12(16-3)11-14(13)21(4,5)6/h9-11H,7-8H2,1-6H3. The van der Waals surface area contributed by atoms with Gasteiger partial charge in [-0.3, -0.25) is 9.05 Å². The van der Waals surface area contributed by atoms with Crippen LogP contribution in [0.4, 0.5) is 0 Å². The van der Waals surface area contributed by atoms with Crippen LogP contribution in [0.1, 0.15) is 13.8 Å². The summed E-state index contributed by atoms with van der Waals surface area (Å²) < 4.78 is 33.8. The van der Waals surface area contributed by atoms with Crippen molar-refractivity contribution in [1.29, 1.82) is 0 Å². The average molecular weight is 332 g/mol. The van der Waals surface area contributed by atoms with E-state index in [1.165, 1.54) is 0 Å². The van der Waals surface area contributed by atoms with Crippen molar-refractivity contribution in [1.82, 2.24) is 0 Å². The minimum atomic E-state index is -3.58. The minimum Gasteiger partial charge on any atom is -0.497 e. The summed E-state index contributed by atoms with van der Waals surface area (Å²) in [6.45, 7) is 10.6. The SMILES string of the molecule is CCOP(=O)(OCC)Oc1ccc(OC)cc1[Si](C)(C)C. The van der Waals surface area contributed by atoms with E-state index < -0.39 is 15.9 Å². The van der Waals surface area contributed by atoms with Crippen molar-refractivity contribution in [3.05, 3.63) is 18.2 Å². The lowest BCUT2D eigenvalue weighted by molar-refractivity contribution is 0.168. The first-order valence-electron chi connectivity index (χ1n) is 7.03. The molecule has 0 saturated carbocycles. The molecular weight excluding hydrogens is 307 g/mol. The van der Waals surface area contributed by atoms with Gasteiger partial charge in [0.15, 0.2) is 0 Å². The molecule has 0 saturated heterocycles. The fourth-order valence-corrected chi connectivity index (χ4v) is 4.58. The molecule has 1 rings (SSSR count). The highest BCUT2D eigenvalue weighted by Crippen LogP contribution is 2.49. The summed E-state index contributed by atoms with van der Waals surface area (Å²) in [5.41, 5.74) is 0. The second kappa shape index (κ2) is 7.45. The van der Waals surface area contributed by atoms with Gasteiger partial charge in [-0.25, -0.2) is 4.57 Å². The van der Waals surface area contributed by atoms with Gasteiger partial charge in [0.2, 0.25) is 0 Å². The van der Waals surface area contributed by atoms with Crippen LogP contribution in [-0.2, 0) is 13.6 Å². The lowest BCUT2D eigenvalue weighted by Gasteiger charge is -2.24. The van der Waals surface area contributed by atoms with Crippen molar-refractivity contribution >= 4 is 21.1 Å². The Bertz CT molecular complexity index is 503. The van der Waals surface area contributed by atoms with Crippen LogP contribution in [0.25, 0.3) is 0 Å². The molecular formula is C14H25O5PSi. The fourth-order valence-electron chi connectivity index (χ4n) is 1.83. The normalized spacial score (nSPS) is 12.3. The van der Waals surface area contributed by atoms with Gasteiger partial charge in [-0.1, -0.05) is 19.6 Å². The van der Waals surface area contributed by atoms with E-state index in [1.807, 2.05) is 6.07 Å². The number of benzene rings is 1. The van der Waals surface area contributed by atoms with Gasteiger partial charge < -0.3 is 9.26 Å². The summed E-state index contributed by atoms with van der Waals surface area (Å²) in [4.78, 5) is 0. The van der Waals surface area contributed by atoms with E-state index in [-0.39, 0.29) is 13.2 Å². The zero-order chi connectivity index (χ0) is 16.1. The van der Waals surface area contributed by atoms with Crippen LogP contribution in [-0.4, -0.2) is 28.4 Å². The van der Waals surface area contributed by atoms with E-state index in [2.05, 4.69) is 19.6 Å². The molecule has 5 nitrogen and oxygen atoms in total. The second-order valence-corrected chi connectivity index (χ2v) is 12.1. The highest BCUT2D eigenvalue weighted by Gasteiger charge is 2.31. The van der Waals surface area contributed by atoms with E-state index in [0.29, 0.717) is 5.75 Å². The minimum absolute atomic E-state index is 0.260. The largest absolute Gasteiger partial charge is 0.530 e. The van der Waals surface area contributed by atoms with Crippen molar-refractivity contribution in [3.63, 3.8) is 0 Å². The maximum Gasteiger partial charge on any atom is 0.530 e. The molecule has 0 aromatic heterocycles. The summed E-state index contributed by atoms with van der Waals surface area (Å²) in [5.74, 6) is 1.29. The third kappa shape index (κ3) is 5.15. The van der Waals surface area contributed by atoms with Crippen LogP contribution in [0.2, 0.25) is 19.6 Å². The molecule has 120 valence electrons. The van der Waals surface area contributed by atoms with Crippen LogP contribution in [0.15, 0.2) is 18.2 Å². The number of ether oxygens (including phenoxy) is 1. The highest BCUT2D eigenvalue weighted by atomic mass is 31.2. The molecule has 0 unspecified atom stereocenters. The number of phosphoric ester groups is 1. The Morgan fingerprint density at radius 3 is 2.10 bits per heavy atom. The maximum absolute atomic E-state index is 12.5. The smallest absolute Gasteiger partial charge is 0.497 e. The van der Waals surface area contributed by atoms with Gasteiger partial charge in [0, 0.05) is 0 Å². The molecule has 0 aliphatic carbocycles. The molecule has 0 N–H and O–H groups in total. The summed E-state index contributed by atoms with van der Waals surface area (Å²) in [6.07, 6.45) is 0. The Kier molecular flexibility index (Phi) is 6.47. The molecule has 0 aliphatic rings. The summed E-state index contributed by atoms with van der Waals surface area (Å²) in [7, 11) is -3.67. The fraction of sp³-hybridized carbons (Fsp3) is 0.571. The number of phosphoric acid groups is 1.